The number of pyridine rings is 1. The molecule has 3 heteroatoms. The van der Waals surface area contributed by atoms with E-state index in [0.29, 0.717) is 0 Å². The Morgan fingerprint density at radius 2 is 2.28 bits per heavy atom. The minimum absolute atomic E-state index is 0.219. The van der Waals surface area contributed by atoms with Crippen molar-refractivity contribution in [2.75, 3.05) is 6.54 Å². The molecule has 1 atom stereocenters. The average molecular weight is 244 g/mol. The van der Waals surface area contributed by atoms with Crippen molar-refractivity contribution >= 4 is 0 Å². The maximum Gasteiger partial charge on any atom is 0.105 e. The summed E-state index contributed by atoms with van der Waals surface area (Å²) in [5, 5.41) is 3.53. The zero-order valence-electron chi connectivity index (χ0n) is 11.0. The predicted molar refractivity (Wildman–Crippen MR) is 72.4 cm³/mol. The number of nitrogens with one attached hydrogen (secondary N) is 1. The molecule has 0 aliphatic heterocycles. The Morgan fingerprint density at radius 1 is 1.39 bits per heavy atom. The summed E-state index contributed by atoms with van der Waals surface area (Å²) >= 11 is 0. The van der Waals surface area contributed by atoms with Gasteiger partial charge in [0.1, 0.15) is 5.76 Å². The molecule has 0 aliphatic carbocycles. The van der Waals surface area contributed by atoms with Gasteiger partial charge >= 0.3 is 0 Å². The van der Waals surface area contributed by atoms with Gasteiger partial charge in [0.15, 0.2) is 0 Å². The summed E-state index contributed by atoms with van der Waals surface area (Å²) in [6.07, 6.45) is 5.53. The molecule has 0 spiro atoms. The predicted octanol–water partition coefficient (Wildman–Crippen LogP) is 3.27. The van der Waals surface area contributed by atoms with Gasteiger partial charge in [-0.3, -0.25) is 4.98 Å². The van der Waals surface area contributed by atoms with Crippen molar-refractivity contribution in [3.8, 4) is 0 Å². The highest BCUT2D eigenvalue weighted by Gasteiger charge is 2.14. The lowest BCUT2D eigenvalue weighted by molar-refractivity contribution is 0.443. The van der Waals surface area contributed by atoms with Crippen molar-refractivity contribution in [2.24, 2.45) is 0 Å². The molecule has 18 heavy (non-hydrogen) atoms. The summed E-state index contributed by atoms with van der Waals surface area (Å²) in [5.41, 5.74) is 2.32. The van der Waals surface area contributed by atoms with E-state index >= 15 is 0 Å². The van der Waals surface area contributed by atoms with Gasteiger partial charge in [0.05, 0.1) is 18.0 Å². The van der Waals surface area contributed by atoms with E-state index in [9.17, 15) is 0 Å². The maximum atomic E-state index is 5.43. The number of hydrogen-bond acceptors (Lipinski definition) is 3. The van der Waals surface area contributed by atoms with Crippen molar-refractivity contribution in [2.45, 2.75) is 32.7 Å². The highest BCUT2D eigenvalue weighted by molar-refractivity contribution is 5.18. The van der Waals surface area contributed by atoms with Gasteiger partial charge < -0.3 is 9.73 Å². The van der Waals surface area contributed by atoms with E-state index in [1.807, 2.05) is 24.4 Å². The van der Waals surface area contributed by atoms with Crippen LogP contribution < -0.4 is 5.32 Å². The van der Waals surface area contributed by atoms with Gasteiger partial charge in [-0.05, 0) is 49.7 Å². The molecular formula is C15H20N2O. The van der Waals surface area contributed by atoms with Crippen molar-refractivity contribution in [1.82, 2.24) is 10.3 Å². The Bertz CT molecular complexity index is 465. The lowest BCUT2D eigenvalue weighted by Gasteiger charge is -2.17. The third-order valence-electron chi connectivity index (χ3n) is 2.92. The lowest BCUT2D eigenvalue weighted by Crippen LogP contribution is -2.24. The Balaban J connectivity index is 2.13. The lowest BCUT2D eigenvalue weighted by atomic mass is 10.1. The van der Waals surface area contributed by atoms with E-state index in [1.54, 1.807) is 6.26 Å². The molecule has 3 nitrogen and oxygen atoms in total. The van der Waals surface area contributed by atoms with E-state index in [1.165, 1.54) is 5.56 Å². The molecular weight excluding hydrogens is 224 g/mol. The van der Waals surface area contributed by atoms with Crippen molar-refractivity contribution in [3.63, 3.8) is 0 Å². The molecule has 0 aromatic carbocycles. The normalized spacial score (nSPS) is 12.6. The number of aromatic nitrogens is 1. The number of nitrogens with zero attached hydrogens (tertiary/aromatic N) is 1. The smallest absolute Gasteiger partial charge is 0.105 e. The second-order valence-electron chi connectivity index (χ2n) is 4.55. The van der Waals surface area contributed by atoms with Gasteiger partial charge in [-0.2, -0.15) is 0 Å². The molecule has 0 radical (unpaired) electrons. The second-order valence-corrected chi connectivity index (χ2v) is 4.55. The molecule has 0 saturated carbocycles. The minimum atomic E-state index is 0.219. The molecule has 2 rings (SSSR count). The molecule has 0 saturated heterocycles. The standard InChI is InChI=1S/C15H20N2O/c1-3-7-16-15(11-13-5-4-9-18-13)14-10-12(2)6-8-17-14/h4-6,8-10,15-16H,3,7,11H2,1-2H3. The first kappa shape index (κ1) is 12.8. The van der Waals surface area contributed by atoms with Gasteiger partial charge in [-0.25, -0.2) is 0 Å². The number of hydrogen-bond donors (Lipinski definition) is 1. The Morgan fingerprint density at radius 3 is 2.94 bits per heavy atom. The molecule has 0 amide bonds. The van der Waals surface area contributed by atoms with Gasteiger partial charge in [0.25, 0.3) is 0 Å². The maximum absolute atomic E-state index is 5.43. The molecule has 1 unspecified atom stereocenters. The van der Waals surface area contributed by atoms with Crippen LogP contribution in [0.2, 0.25) is 0 Å². The van der Waals surface area contributed by atoms with Crippen LogP contribution in [0.4, 0.5) is 0 Å². The molecule has 2 aromatic heterocycles. The second kappa shape index (κ2) is 6.36. The van der Waals surface area contributed by atoms with E-state index in [2.05, 4.69) is 30.2 Å². The zero-order valence-corrected chi connectivity index (χ0v) is 11.0. The fraction of sp³-hybridized carbons (Fsp3) is 0.400. The summed E-state index contributed by atoms with van der Waals surface area (Å²) in [6.45, 7) is 5.25. The Hall–Kier alpha value is -1.61. The van der Waals surface area contributed by atoms with Crippen LogP contribution in [0.1, 0.15) is 36.4 Å². The van der Waals surface area contributed by atoms with E-state index < -0.39 is 0 Å². The van der Waals surface area contributed by atoms with Crippen LogP contribution in [0.25, 0.3) is 0 Å². The van der Waals surface area contributed by atoms with Crippen molar-refractivity contribution in [1.29, 1.82) is 0 Å². The van der Waals surface area contributed by atoms with Gasteiger partial charge in [-0.1, -0.05) is 6.92 Å². The van der Waals surface area contributed by atoms with Gasteiger partial charge in [0, 0.05) is 12.6 Å². The molecule has 0 aliphatic rings. The number of aryl methyl sites for hydroxylation is 1. The van der Waals surface area contributed by atoms with Gasteiger partial charge in [0.2, 0.25) is 0 Å². The van der Waals surface area contributed by atoms with Crippen LogP contribution in [0.3, 0.4) is 0 Å². The number of furan rings is 1. The quantitative estimate of drug-likeness (QED) is 0.847. The fourth-order valence-corrected chi connectivity index (χ4v) is 1.98. The summed E-state index contributed by atoms with van der Waals surface area (Å²) in [5.74, 6) is 0.993. The average Bonchev–Trinajstić information content (AvgIpc) is 2.87. The first-order valence-electron chi connectivity index (χ1n) is 6.48. The van der Waals surface area contributed by atoms with Crippen LogP contribution in [-0.4, -0.2) is 11.5 Å². The monoisotopic (exact) mass is 244 g/mol. The molecule has 2 heterocycles. The molecule has 96 valence electrons. The van der Waals surface area contributed by atoms with E-state index in [0.717, 1.165) is 30.8 Å². The zero-order chi connectivity index (χ0) is 12.8. The molecule has 2 aromatic rings. The minimum Gasteiger partial charge on any atom is -0.469 e. The van der Waals surface area contributed by atoms with Crippen molar-refractivity contribution < 1.29 is 4.42 Å². The van der Waals surface area contributed by atoms with Crippen LogP contribution in [0.5, 0.6) is 0 Å². The highest BCUT2D eigenvalue weighted by Crippen LogP contribution is 2.17. The topological polar surface area (TPSA) is 38.1 Å². The Labute approximate surface area is 108 Å². The van der Waals surface area contributed by atoms with E-state index in [4.69, 9.17) is 4.42 Å². The van der Waals surface area contributed by atoms with E-state index in [-0.39, 0.29) is 6.04 Å². The highest BCUT2D eigenvalue weighted by atomic mass is 16.3. The van der Waals surface area contributed by atoms with Crippen LogP contribution in [0, 0.1) is 6.92 Å². The SMILES string of the molecule is CCCNC(Cc1ccco1)c1cc(C)ccn1. The van der Waals surface area contributed by atoms with Crippen LogP contribution >= 0.6 is 0 Å². The van der Waals surface area contributed by atoms with Crippen molar-refractivity contribution in [3.05, 3.63) is 53.7 Å². The first-order chi connectivity index (χ1) is 8.79. The van der Waals surface area contributed by atoms with Gasteiger partial charge in [-0.15, -0.1) is 0 Å². The molecule has 0 bridgehead atoms. The third-order valence-corrected chi connectivity index (χ3v) is 2.92. The largest absolute Gasteiger partial charge is 0.469 e. The first-order valence-corrected chi connectivity index (χ1v) is 6.48. The third kappa shape index (κ3) is 3.44. The summed E-state index contributed by atoms with van der Waals surface area (Å²) in [7, 11) is 0. The van der Waals surface area contributed by atoms with Crippen LogP contribution in [-0.2, 0) is 6.42 Å². The fourth-order valence-electron chi connectivity index (χ4n) is 1.98. The van der Waals surface area contributed by atoms with Crippen LogP contribution in [0.15, 0.2) is 41.1 Å². The summed E-state index contributed by atoms with van der Waals surface area (Å²) in [6, 6.07) is 8.31. The molecule has 0 fully saturated rings. The molecule has 1 N–H and O–H groups in total. The summed E-state index contributed by atoms with van der Waals surface area (Å²) < 4.78 is 5.43. The number of rotatable bonds is 6. The summed E-state index contributed by atoms with van der Waals surface area (Å²) in [4.78, 5) is 4.47. The Kier molecular flexibility index (Phi) is 4.53.